The molecule has 0 unspecified atom stereocenters. The Hall–Kier alpha value is -2.04. The predicted molar refractivity (Wildman–Crippen MR) is 96.0 cm³/mol. The molecule has 2 aliphatic rings. The lowest BCUT2D eigenvalue weighted by molar-refractivity contribution is -0.147. The Morgan fingerprint density at radius 2 is 1.76 bits per heavy atom. The van der Waals surface area contributed by atoms with Gasteiger partial charge in [-0.25, -0.2) is 4.79 Å². The summed E-state index contributed by atoms with van der Waals surface area (Å²) in [6.45, 7) is 7.52. The molecule has 1 spiro atoms. The zero-order chi connectivity index (χ0) is 18.1. The van der Waals surface area contributed by atoms with Crippen LogP contribution in [0.3, 0.4) is 0 Å². The van der Waals surface area contributed by atoms with E-state index in [1.807, 2.05) is 56.0 Å². The third-order valence-corrected chi connectivity index (χ3v) is 5.02. The van der Waals surface area contributed by atoms with E-state index in [4.69, 9.17) is 4.74 Å². The minimum atomic E-state index is -0.713. The van der Waals surface area contributed by atoms with E-state index in [1.54, 1.807) is 4.90 Å². The van der Waals surface area contributed by atoms with Crippen molar-refractivity contribution < 1.29 is 14.3 Å². The molecule has 5 nitrogen and oxygen atoms in total. The highest BCUT2D eigenvalue weighted by atomic mass is 16.6. The molecular weight excluding hydrogens is 316 g/mol. The molecule has 136 valence electrons. The lowest BCUT2D eigenvalue weighted by Gasteiger charge is -2.44. The largest absolute Gasteiger partial charge is 0.444 e. The third-order valence-electron chi connectivity index (χ3n) is 5.02. The maximum Gasteiger partial charge on any atom is 0.411 e. The van der Waals surface area contributed by atoms with E-state index in [0.717, 1.165) is 37.8 Å². The van der Waals surface area contributed by atoms with Gasteiger partial charge in [0.25, 0.3) is 0 Å². The number of piperidine rings is 1. The first-order chi connectivity index (χ1) is 11.8. The molecule has 2 fully saturated rings. The highest BCUT2D eigenvalue weighted by Crippen LogP contribution is 2.39. The Morgan fingerprint density at radius 1 is 1.12 bits per heavy atom. The van der Waals surface area contributed by atoms with E-state index in [1.165, 1.54) is 0 Å². The highest BCUT2D eigenvalue weighted by molar-refractivity contribution is 5.91. The molecule has 2 aliphatic heterocycles. The molecule has 0 aromatic heterocycles. The van der Waals surface area contributed by atoms with Crippen LogP contribution in [-0.2, 0) is 16.1 Å². The van der Waals surface area contributed by atoms with E-state index in [9.17, 15) is 9.59 Å². The lowest BCUT2D eigenvalue weighted by atomic mass is 9.85. The minimum absolute atomic E-state index is 0.0750. The van der Waals surface area contributed by atoms with Gasteiger partial charge in [0.1, 0.15) is 11.1 Å². The average Bonchev–Trinajstić information content (AvgIpc) is 2.96. The van der Waals surface area contributed by atoms with Crippen LogP contribution < -0.4 is 0 Å². The van der Waals surface area contributed by atoms with Crippen LogP contribution in [0, 0.1) is 0 Å². The number of rotatable bonds is 2. The molecule has 0 aliphatic carbocycles. The number of carbonyl (C=O) groups excluding carboxylic acids is 2. The normalized spacial score (nSPS) is 24.0. The van der Waals surface area contributed by atoms with Gasteiger partial charge in [-0.3, -0.25) is 9.69 Å². The van der Waals surface area contributed by atoms with E-state index in [0.29, 0.717) is 13.1 Å². The maximum atomic E-state index is 13.3. The number of nitrogens with zero attached hydrogens (tertiary/aromatic N) is 2. The number of hydrogen-bond acceptors (Lipinski definition) is 3. The molecule has 0 radical (unpaired) electrons. The molecule has 2 saturated heterocycles. The first-order valence-electron chi connectivity index (χ1n) is 9.16. The van der Waals surface area contributed by atoms with Gasteiger partial charge in [0.2, 0.25) is 5.91 Å². The van der Waals surface area contributed by atoms with E-state index in [-0.39, 0.29) is 12.0 Å². The maximum absolute atomic E-state index is 13.3. The standard InChI is InChI=1S/C20H28N2O3/c1-19(2,3)25-18(24)22-14-8-12-20(22)11-7-13-21(17(20)23)15-16-9-5-4-6-10-16/h4-6,9-10H,7-8,11-15H2,1-3H3/t20-/m0/s1. The summed E-state index contributed by atoms with van der Waals surface area (Å²) in [6.07, 6.45) is 2.87. The zero-order valence-corrected chi connectivity index (χ0v) is 15.5. The Morgan fingerprint density at radius 3 is 2.40 bits per heavy atom. The molecule has 2 amide bonds. The van der Waals surface area contributed by atoms with Crippen molar-refractivity contribution in [2.24, 2.45) is 0 Å². The minimum Gasteiger partial charge on any atom is -0.444 e. The van der Waals surface area contributed by atoms with Crippen molar-refractivity contribution in [3.63, 3.8) is 0 Å². The molecule has 5 heteroatoms. The smallest absolute Gasteiger partial charge is 0.411 e. The second kappa shape index (κ2) is 6.70. The Kier molecular flexibility index (Phi) is 4.76. The zero-order valence-electron chi connectivity index (χ0n) is 15.5. The molecule has 1 atom stereocenters. The summed E-state index contributed by atoms with van der Waals surface area (Å²) in [5, 5.41) is 0. The molecule has 3 rings (SSSR count). The molecular formula is C20H28N2O3. The molecule has 0 bridgehead atoms. The monoisotopic (exact) mass is 344 g/mol. The number of carbonyl (C=O) groups is 2. The predicted octanol–water partition coefficient (Wildman–Crippen LogP) is 3.58. The van der Waals surface area contributed by atoms with Crippen LogP contribution in [0.4, 0.5) is 4.79 Å². The highest BCUT2D eigenvalue weighted by Gasteiger charge is 2.53. The molecule has 0 N–H and O–H groups in total. The summed E-state index contributed by atoms with van der Waals surface area (Å²) in [5.74, 6) is 0.0750. The molecule has 1 aromatic carbocycles. The fourth-order valence-electron chi connectivity index (χ4n) is 3.96. The van der Waals surface area contributed by atoms with Crippen molar-refractivity contribution >= 4 is 12.0 Å². The van der Waals surface area contributed by atoms with Crippen LogP contribution in [0.15, 0.2) is 30.3 Å². The van der Waals surface area contributed by atoms with Gasteiger partial charge in [-0.05, 0) is 52.0 Å². The number of ether oxygens (including phenoxy) is 1. The fourth-order valence-corrected chi connectivity index (χ4v) is 3.96. The summed E-state index contributed by atoms with van der Waals surface area (Å²) in [4.78, 5) is 29.6. The Bertz CT molecular complexity index is 638. The fraction of sp³-hybridized carbons (Fsp3) is 0.600. The SMILES string of the molecule is CC(C)(C)OC(=O)N1CCC[C@]12CCCN(Cc1ccccc1)C2=O. The van der Waals surface area contributed by atoms with Gasteiger partial charge in [-0.15, -0.1) is 0 Å². The number of hydrogen-bond donors (Lipinski definition) is 0. The van der Waals surface area contributed by atoms with Crippen LogP contribution in [0.5, 0.6) is 0 Å². The van der Waals surface area contributed by atoms with Gasteiger partial charge in [0, 0.05) is 19.6 Å². The second-order valence-corrected chi connectivity index (χ2v) is 8.08. The van der Waals surface area contributed by atoms with Crippen LogP contribution in [0.1, 0.15) is 52.0 Å². The van der Waals surface area contributed by atoms with Crippen molar-refractivity contribution in [1.82, 2.24) is 9.80 Å². The summed E-state index contributed by atoms with van der Waals surface area (Å²) in [7, 11) is 0. The second-order valence-electron chi connectivity index (χ2n) is 8.08. The van der Waals surface area contributed by atoms with Crippen molar-refractivity contribution in [1.29, 1.82) is 0 Å². The van der Waals surface area contributed by atoms with Crippen LogP contribution in [0.25, 0.3) is 0 Å². The first kappa shape index (κ1) is 17.8. The van der Waals surface area contributed by atoms with Gasteiger partial charge in [0.05, 0.1) is 0 Å². The number of amides is 2. The van der Waals surface area contributed by atoms with E-state index in [2.05, 4.69) is 0 Å². The van der Waals surface area contributed by atoms with Gasteiger partial charge in [-0.2, -0.15) is 0 Å². The van der Waals surface area contributed by atoms with Gasteiger partial charge in [-0.1, -0.05) is 30.3 Å². The quantitative estimate of drug-likeness (QED) is 0.824. The molecule has 2 heterocycles. The first-order valence-corrected chi connectivity index (χ1v) is 9.16. The summed E-state index contributed by atoms with van der Waals surface area (Å²) in [6, 6.07) is 10.0. The number of likely N-dealkylation sites (tertiary alicyclic amines) is 2. The van der Waals surface area contributed by atoms with Crippen LogP contribution >= 0.6 is 0 Å². The summed E-state index contributed by atoms with van der Waals surface area (Å²) >= 11 is 0. The van der Waals surface area contributed by atoms with Gasteiger partial charge < -0.3 is 9.64 Å². The van der Waals surface area contributed by atoms with Crippen molar-refractivity contribution in [3.05, 3.63) is 35.9 Å². The lowest BCUT2D eigenvalue weighted by Crippen LogP contribution is -2.61. The topological polar surface area (TPSA) is 49.9 Å². The van der Waals surface area contributed by atoms with Crippen molar-refractivity contribution in [2.45, 2.75) is 64.1 Å². The van der Waals surface area contributed by atoms with E-state index < -0.39 is 11.1 Å². The van der Waals surface area contributed by atoms with Crippen molar-refractivity contribution in [3.8, 4) is 0 Å². The average molecular weight is 344 g/mol. The summed E-state index contributed by atoms with van der Waals surface area (Å²) < 4.78 is 5.57. The molecule has 0 saturated carbocycles. The van der Waals surface area contributed by atoms with Crippen molar-refractivity contribution in [2.75, 3.05) is 13.1 Å². The summed E-state index contributed by atoms with van der Waals surface area (Å²) in [5.41, 5.74) is -0.146. The third kappa shape index (κ3) is 3.65. The van der Waals surface area contributed by atoms with E-state index >= 15 is 0 Å². The van der Waals surface area contributed by atoms with Crippen LogP contribution in [-0.4, -0.2) is 46.0 Å². The Labute approximate surface area is 149 Å². The molecule has 1 aromatic rings. The van der Waals surface area contributed by atoms with Crippen LogP contribution in [0.2, 0.25) is 0 Å². The Balaban J connectivity index is 1.79. The number of benzene rings is 1. The van der Waals surface area contributed by atoms with Gasteiger partial charge in [0.15, 0.2) is 0 Å². The molecule has 25 heavy (non-hydrogen) atoms. The van der Waals surface area contributed by atoms with Gasteiger partial charge >= 0.3 is 6.09 Å².